The molecule has 3 rings (SSSR count). The third-order valence-corrected chi connectivity index (χ3v) is 4.50. The molecule has 0 atom stereocenters. The van der Waals surface area contributed by atoms with E-state index in [1.54, 1.807) is 11.3 Å². The van der Waals surface area contributed by atoms with E-state index in [4.69, 9.17) is 0 Å². The number of aryl methyl sites for hydroxylation is 3. The second-order valence-corrected chi connectivity index (χ2v) is 6.31. The Morgan fingerprint density at radius 2 is 2.00 bits per heavy atom. The molecule has 0 bridgehead atoms. The van der Waals surface area contributed by atoms with Crippen molar-refractivity contribution >= 4 is 32.6 Å². The minimum absolute atomic E-state index is 0.880. The number of rotatable bonds is 6. The van der Waals surface area contributed by atoms with Crippen LogP contribution in [0.25, 0.3) is 10.3 Å². The van der Waals surface area contributed by atoms with Gasteiger partial charge in [-0.1, -0.05) is 17.4 Å². The van der Waals surface area contributed by atoms with E-state index >= 15 is 0 Å². The molecule has 6 nitrogen and oxygen atoms in total. The van der Waals surface area contributed by atoms with Crippen LogP contribution in [0, 0.1) is 13.8 Å². The molecule has 0 aliphatic rings. The third-order valence-electron chi connectivity index (χ3n) is 3.39. The first-order valence-electron chi connectivity index (χ1n) is 7.34. The maximum atomic E-state index is 4.57. The molecule has 0 saturated heterocycles. The lowest BCUT2D eigenvalue weighted by Crippen LogP contribution is -2.09. The van der Waals surface area contributed by atoms with Crippen molar-refractivity contribution in [1.29, 1.82) is 0 Å². The average Bonchev–Trinajstić information content (AvgIpc) is 3.03. The number of hydrogen-bond donors (Lipinski definition) is 2. The standard InChI is InChI=1S/C15H20N6S/c1-10-5-6-12(18-9-10)16-7-4-8-17-15-19-14-13(22-15)11(2)20-21(14)3/h5-6,9H,4,7-8H2,1-3H3,(H,16,18)(H,17,19). The average molecular weight is 316 g/mol. The maximum absolute atomic E-state index is 4.57. The van der Waals surface area contributed by atoms with Gasteiger partial charge in [0.05, 0.1) is 10.4 Å². The number of nitrogens with one attached hydrogen (secondary N) is 2. The Balaban J connectivity index is 1.46. The number of pyridine rings is 1. The van der Waals surface area contributed by atoms with Gasteiger partial charge in [0, 0.05) is 26.3 Å². The van der Waals surface area contributed by atoms with Gasteiger partial charge in [0.25, 0.3) is 0 Å². The molecule has 0 saturated carbocycles. The van der Waals surface area contributed by atoms with Gasteiger partial charge in [-0.25, -0.2) is 14.6 Å². The molecule has 0 amide bonds. The lowest BCUT2D eigenvalue weighted by molar-refractivity contribution is 0.774. The molecule has 7 heteroatoms. The van der Waals surface area contributed by atoms with Crippen LogP contribution >= 0.6 is 11.3 Å². The summed E-state index contributed by atoms with van der Waals surface area (Å²) in [5.74, 6) is 0.923. The summed E-state index contributed by atoms with van der Waals surface area (Å²) in [6, 6.07) is 4.07. The molecule has 0 aromatic carbocycles. The van der Waals surface area contributed by atoms with Crippen LogP contribution in [0.4, 0.5) is 10.9 Å². The second kappa shape index (κ2) is 6.31. The maximum Gasteiger partial charge on any atom is 0.185 e. The Morgan fingerprint density at radius 1 is 1.18 bits per heavy atom. The fourth-order valence-electron chi connectivity index (χ4n) is 2.23. The molecule has 22 heavy (non-hydrogen) atoms. The molecule has 116 valence electrons. The molecule has 0 spiro atoms. The van der Waals surface area contributed by atoms with Gasteiger partial charge >= 0.3 is 0 Å². The Kier molecular flexibility index (Phi) is 4.24. The zero-order valence-corrected chi connectivity index (χ0v) is 13.9. The second-order valence-electron chi connectivity index (χ2n) is 5.31. The van der Waals surface area contributed by atoms with Crippen molar-refractivity contribution in [3.8, 4) is 0 Å². The zero-order valence-electron chi connectivity index (χ0n) is 13.1. The predicted octanol–water partition coefficient (Wildman–Crippen LogP) is 2.96. The Bertz CT molecular complexity index is 724. The van der Waals surface area contributed by atoms with Crippen LogP contribution in [0.5, 0.6) is 0 Å². The fourth-order valence-corrected chi connectivity index (χ4v) is 3.19. The topological polar surface area (TPSA) is 67.7 Å². The molecule has 3 aromatic rings. The molecule has 0 fully saturated rings. The highest BCUT2D eigenvalue weighted by atomic mass is 32.1. The van der Waals surface area contributed by atoms with Gasteiger partial charge in [0.1, 0.15) is 5.82 Å². The van der Waals surface area contributed by atoms with Gasteiger partial charge in [-0.2, -0.15) is 5.10 Å². The van der Waals surface area contributed by atoms with Crippen molar-refractivity contribution in [2.24, 2.45) is 7.05 Å². The van der Waals surface area contributed by atoms with Crippen molar-refractivity contribution in [3.05, 3.63) is 29.6 Å². The Labute approximate surface area is 133 Å². The van der Waals surface area contributed by atoms with Crippen LogP contribution in [0.3, 0.4) is 0 Å². The number of hydrogen-bond acceptors (Lipinski definition) is 6. The van der Waals surface area contributed by atoms with Gasteiger partial charge in [-0.05, 0) is 31.9 Å². The number of thiazole rings is 1. The summed E-state index contributed by atoms with van der Waals surface area (Å²) in [6.07, 6.45) is 2.88. The summed E-state index contributed by atoms with van der Waals surface area (Å²) in [7, 11) is 1.93. The fraction of sp³-hybridized carbons (Fsp3) is 0.400. The minimum atomic E-state index is 0.880. The highest BCUT2D eigenvalue weighted by molar-refractivity contribution is 7.22. The largest absolute Gasteiger partial charge is 0.370 e. The van der Waals surface area contributed by atoms with Crippen LogP contribution in [0.2, 0.25) is 0 Å². The van der Waals surface area contributed by atoms with E-state index in [9.17, 15) is 0 Å². The molecule has 0 aliphatic heterocycles. The molecule has 0 aliphatic carbocycles. The van der Waals surface area contributed by atoms with E-state index in [0.717, 1.165) is 46.5 Å². The third kappa shape index (κ3) is 3.19. The summed E-state index contributed by atoms with van der Waals surface area (Å²) in [5, 5.41) is 12.0. The Hall–Kier alpha value is -2.15. The number of fused-ring (bicyclic) bond motifs is 1. The van der Waals surface area contributed by atoms with Crippen LogP contribution in [-0.2, 0) is 7.05 Å². The summed E-state index contributed by atoms with van der Waals surface area (Å²) in [5.41, 5.74) is 3.16. The normalized spacial score (nSPS) is 11.0. The Morgan fingerprint density at radius 3 is 2.73 bits per heavy atom. The van der Waals surface area contributed by atoms with Crippen molar-refractivity contribution in [2.45, 2.75) is 20.3 Å². The minimum Gasteiger partial charge on any atom is -0.370 e. The van der Waals surface area contributed by atoms with Gasteiger partial charge in [-0.3, -0.25) is 0 Å². The van der Waals surface area contributed by atoms with Crippen molar-refractivity contribution in [3.63, 3.8) is 0 Å². The van der Waals surface area contributed by atoms with E-state index < -0.39 is 0 Å². The van der Waals surface area contributed by atoms with Crippen LogP contribution in [0.15, 0.2) is 18.3 Å². The van der Waals surface area contributed by atoms with Gasteiger partial charge in [0.15, 0.2) is 10.8 Å². The van der Waals surface area contributed by atoms with Crippen LogP contribution < -0.4 is 10.6 Å². The SMILES string of the molecule is Cc1ccc(NCCCNc2nc3c(s2)c(C)nn3C)nc1. The molecule has 2 N–H and O–H groups in total. The summed E-state index contributed by atoms with van der Waals surface area (Å²) in [6.45, 7) is 5.82. The first-order valence-corrected chi connectivity index (χ1v) is 8.15. The van der Waals surface area contributed by atoms with Crippen molar-refractivity contribution < 1.29 is 0 Å². The van der Waals surface area contributed by atoms with Crippen molar-refractivity contribution in [1.82, 2.24) is 19.7 Å². The van der Waals surface area contributed by atoms with E-state index in [-0.39, 0.29) is 0 Å². The lowest BCUT2D eigenvalue weighted by atomic mass is 10.3. The van der Waals surface area contributed by atoms with Crippen molar-refractivity contribution in [2.75, 3.05) is 23.7 Å². The number of anilines is 2. The van der Waals surface area contributed by atoms with Crippen LogP contribution in [-0.4, -0.2) is 32.8 Å². The monoisotopic (exact) mass is 316 g/mol. The first kappa shape index (κ1) is 14.8. The first-order chi connectivity index (χ1) is 10.6. The molecule has 0 unspecified atom stereocenters. The van der Waals surface area contributed by atoms with E-state index in [1.165, 1.54) is 5.56 Å². The van der Waals surface area contributed by atoms with Gasteiger partial charge < -0.3 is 10.6 Å². The summed E-state index contributed by atoms with van der Waals surface area (Å²) < 4.78 is 2.99. The molecular formula is C15H20N6S. The van der Waals surface area contributed by atoms with Gasteiger partial charge in [0.2, 0.25) is 0 Å². The number of aromatic nitrogens is 4. The van der Waals surface area contributed by atoms with Crippen LogP contribution in [0.1, 0.15) is 17.7 Å². The number of nitrogens with zero attached hydrogens (tertiary/aromatic N) is 4. The van der Waals surface area contributed by atoms with E-state index in [2.05, 4.69) is 31.8 Å². The molecule has 0 radical (unpaired) electrons. The highest BCUT2D eigenvalue weighted by Crippen LogP contribution is 2.27. The zero-order chi connectivity index (χ0) is 15.5. The lowest BCUT2D eigenvalue weighted by Gasteiger charge is -2.06. The summed E-state index contributed by atoms with van der Waals surface area (Å²) in [4.78, 5) is 8.90. The smallest absolute Gasteiger partial charge is 0.185 e. The van der Waals surface area contributed by atoms with Gasteiger partial charge in [-0.15, -0.1) is 0 Å². The predicted molar refractivity (Wildman–Crippen MR) is 91.7 cm³/mol. The summed E-state index contributed by atoms with van der Waals surface area (Å²) >= 11 is 1.66. The van der Waals surface area contributed by atoms with E-state index in [1.807, 2.05) is 37.8 Å². The molecule has 3 heterocycles. The molecule has 3 aromatic heterocycles. The quantitative estimate of drug-likeness (QED) is 0.684. The highest BCUT2D eigenvalue weighted by Gasteiger charge is 2.10. The van der Waals surface area contributed by atoms with E-state index in [0.29, 0.717) is 0 Å². The molecular weight excluding hydrogens is 296 g/mol.